The fourth-order valence-corrected chi connectivity index (χ4v) is 5.17. The maximum absolute atomic E-state index is 13.9. The minimum Gasteiger partial charge on any atom is -0.495 e. The highest BCUT2D eigenvalue weighted by Gasteiger charge is 2.28. The summed E-state index contributed by atoms with van der Waals surface area (Å²) in [7, 11) is 4.78. The van der Waals surface area contributed by atoms with Crippen molar-refractivity contribution in [2.24, 2.45) is 0 Å². The molecule has 9 nitrogen and oxygen atoms in total. The molecule has 0 atom stereocenters. The van der Waals surface area contributed by atoms with Crippen LogP contribution in [0.1, 0.15) is 16.1 Å². The maximum Gasteiger partial charge on any atom is 0.322 e. The number of carbonyl (C=O) groups is 2. The molecule has 1 aromatic heterocycles. The predicted octanol–water partition coefficient (Wildman–Crippen LogP) is 5.47. The number of urea groups is 1. The van der Waals surface area contributed by atoms with E-state index in [0.717, 1.165) is 22.6 Å². The first kappa shape index (κ1) is 27.6. The monoisotopic (exact) mass is 554 g/mol. The Balaban J connectivity index is 1.38. The fourth-order valence-electron chi connectivity index (χ4n) is 5.17. The number of amides is 3. The summed E-state index contributed by atoms with van der Waals surface area (Å²) in [4.78, 5) is 30.3. The molecule has 1 fully saturated rings. The maximum atomic E-state index is 13.9. The summed E-state index contributed by atoms with van der Waals surface area (Å²) in [6.07, 6.45) is 0. The van der Waals surface area contributed by atoms with E-state index in [0.29, 0.717) is 54.7 Å². The van der Waals surface area contributed by atoms with Crippen LogP contribution in [0.25, 0.3) is 16.9 Å². The van der Waals surface area contributed by atoms with Crippen LogP contribution in [0, 0.1) is 6.92 Å². The Morgan fingerprint density at radius 1 is 0.707 bits per heavy atom. The third kappa shape index (κ3) is 5.56. The Kier molecular flexibility index (Phi) is 8.14. The third-order valence-electron chi connectivity index (χ3n) is 7.38. The van der Waals surface area contributed by atoms with E-state index in [9.17, 15) is 9.59 Å². The van der Waals surface area contributed by atoms with Crippen LogP contribution in [0.5, 0.6) is 17.2 Å². The lowest BCUT2D eigenvalue weighted by Crippen LogP contribution is -2.51. The Bertz CT molecular complexity index is 1540. The van der Waals surface area contributed by atoms with Gasteiger partial charge in [-0.2, -0.15) is 0 Å². The molecular weight excluding hydrogens is 520 g/mol. The van der Waals surface area contributed by atoms with E-state index in [1.807, 2.05) is 78.6 Å². The molecule has 4 aromatic rings. The smallest absolute Gasteiger partial charge is 0.322 e. The highest BCUT2D eigenvalue weighted by atomic mass is 16.5. The van der Waals surface area contributed by atoms with Crippen LogP contribution in [-0.2, 0) is 0 Å². The van der Waals surface area contributed by atoms with Crippen molar-refractivity contribution in [1.82, 2.24) is 14.4 Å². The number of rotatable bonds is 7. The summed E-state index contributed by atoms with van der Waals surface area (Å²) in [6.45, 7) is 3.66. The molecule has 41 heavy (non-hydrogen) atoms. The van der Waals surface area contributed by atoms with Gasteiger partial charge in [0, 0.05) is 43.6 Å². The van der Waals surface area contributed by atoms with Crippen molar-refractivity contribution in [3.63, 3.8) is 0 Å². The fraction of sp³-hybridized carbons (Fsp3) is 0.250. The summed E-state index contributed by atoms with van der Waals surface area (Å²) in [5.74, 6) is 1.76. The minimum absolute atomic E-state index is 0.0660. The van der Waals surface area contributed by atoms with Crippen LogP contribution in [-0.4, -0.2) is 73.8 Å². The standard InChI is InChI=1S/C32H34N4O5/c1-22-25(31(37)34-16-18-35(19-17-34)32(38)33-26-12-8-9-13-28(26)39-2)21-27(23-10-6-5-7-11-23)36(22)24-14-15-29(40-3)30(20-24)41-4/h5-15,20-21H,16-19H2,1-4H3,(H,33,38). The number of hydrogen-bond donors (Lipinski definition) is 1. The molecule has 0 unspecified atom stereocenters. The quantitative estimate of drug-likeness (QED) is 0.328. The average molecular weight is 555 g/mol. The van der Waals surface area contributed by atoms with Gasteiger partial charge < -0.3 is 33.9 Å². The van der Waals surface area contributed by atoms with Gasteiger partial charge in [0.25, 0.3) is 5.91 Å². The topological polar surface area (TPSA) is 85.3 Å². The minimum atomic E-state index is -0.219. The highest BCUT2D eigenvalue weighted by molar-refractivity contribution is 5.98. The van der Waals surface area contributed by atoms with Crippen molar-refractivity contribution in [1.29, 1.82) is 0 Å². The Morgan fingerprint density at radius 2 is 1.34 bits per heavy atom. The molecule has 0 spiro atoms. The first-order chi connectivity index (χ1) is 19.9. The van der Waals surface area contributed by atoms with Crippen molar-refractivity contribution in [2.45, 2.75) is 6.92 Å². The Hall–Kier alpha value is -4.92. The Morgan fingerprint density at radius 3 is 2.02 bits per heavy atom. The van der Waals surface area contributed by atoms with Crippen LogP contribution in [0.4, 0.5) is 10.5 Å². The van der Waals surface area contributed by atoms with Gasteiger partial charge in [-0.1, -0.05) is 42.5 Å². The first-order valence-electron chi connectivity index (χ1n) is 13.4. The zero-order valence-electron chi connectivity index (χ0n) is 23.7. The van der Waals surface area contributed by atoms with E-state index in [2.05, 4.69) is 9.88 Å². The van der Waals surface area contributed by atoms with E-state index in [4.69, 9.17) is 14.2 Å². The van der Waals surface area contributed by atoms with Crippen molar-refractivity contribution in [3.8, 4) is 34.2 Å². The largest absolute Gasteiger partial charge is 0.495 e. The second-order valence-electron chi connectivity index (χ2n) is 9.68. The van der Waals surface area contributed by atoms with Gasteiger partial charge >= 0.3 is 6.03 Å². The zero-order valence-corrected chi connectivity index (χ0v) is 23.7. The second-order valence-corrected chi connectivity index (χ2v) is 9.68. The number of anilines is 1. The van der Waals surface area contributed by atoms with Crippen molar-refractivity contribution in [3.05, 3.63) is 90.1 Å². The van der Waals surface area contributed by atoms with Gasteiger partial charge in [0.1, 0.15) is 5.75 Å². The van der Waals surface area contributed by atoms with Gasteiger partial charge in [-0.25, -0.2) is 4.79 Å². The Labute approximate surface area is 239 Å². The van der Waals surface area contributed by atoms with E-state index in [1.54, 1.807) is 38.4 Å². The molecule has 0 bridgehead atoms. The number of piperazine rings is 1. The van der Waals surface area contributed by atoms with Crippen LogP contribution in [0.3, 0.4) is 0 Å². The van der Waals surface area contributed by atoms with Gasteiger partial charge in [0.15, 0.2) is 11.5 Å². The lowest BCUT2D eigenvalue weighted by atomic mass is 10.1. The molecule has 1 aliphatic rings. The summed E-state index contributed by atoms with van der Waals surface area (Å²) < 4.78 is 18.4. The number of ether oxygens (including phenoxy) is 3. The summed E-state index contributed by atoms with van der Waals surface area (Å²) in [5, 5.41) is 2.92. The lowest BCUT2D eigenvalue weighted by molar-refractivity contribution is 0.0671. The highest BCUT2D eigenvalue weighted by Crippen LogP contribution is 2.35. The molecule has 2 heterocycles. The number of benzene rings is 3. The second kappa shape index (κ2) is 12.1. The summed E-state index contributed by atoms with van der Waals surface area (Å²) in [6, 6.07) is 24.7. The van der Waals surface area contributed by atoms with Gasteiger partial charge in [-0.05, 0) is 42.8 Å². The number of aromatic nitrogens is 1. The molecule has 3 amide bonds. The van der Waals surface area contributed by atoms with E-state index >= 15 is 0 Å². The number of hydrogen-bond acceptors (Lipinski definition) is 5. The van der Waals surface area contributed by atoms with Gasteiger partial charge in [0.2, 0.25) is 0 Å². The SMILES string of the molecule is COc1ccccc1NC(=O)N1CCN(C(=O)c2cc(-c3ccccc3)n(-c3ccc(OC)c(OC)c3)c2C)CC1. The van der Waals surface area contributed by atoms with Crippen molar-refractivity contribution >= 4 is 17.6 Å². The zero-order chi connectivity index (χ0) is 28.9. The van der Waals surface area contributed by atoms with Crippen LogP contribution in [0.15, 0.2) is 78.9 Å². The van der Waals surface area contributed by atoms with Crippen LogP contribution in [0.2, 0.25) is 0 Å². The number of methoxy groups -OCH3 is 3. The lowest BCUT2D eigenvalue weighted by Gasteiger charge is -2.34. The third-order valence-corrected chi connectivity index (χ3v) is 7.38. The number of para-hydroxylation sites is 2. The van der Waals surface area contributed by atoms with Gasteiger partial charge in [-0.3, -0.25) is 4.79 Å². The van der Waals surface area contributed by atoms with Crippen molar-refractivity contribution in [2.75, 3.05) is 52.8 Å². The molecule has 0 radical (unpaired) electrons. The number of nitrogens with one attached hydrogen (secondary N) is 1. The molecule has 212 valence electrons. The molecule has 1 N–H and O–H groups in total. The van der Waals surface area contributed by atoms with Crippen LogP contribution < -0.4 is 19.5 Å². The van der Waals surface area contributed by atoms with Crippen LogP contribution >= 0.6 is 0 Å². The molecule has 1 aliphatic heterocycles. The normalized spacial score (nSPS) is 13.1. The summed E-state index contributed by atoms with van der Waals surface area (Å²) in [5.41, 5.74) is 4.79. The predicted molar refractivity (Wildman–Crippen MR) is 159 cm³/mol. The molecule has 0 saturated carbocycles. The number of carbonyl (C=O) groups excluding carboxylic acids is 2. The van der Waals surface area contributed by atoms with E-state index < -0.39 is 0 Å². The van der Waals surface area contributed by atoms with Gasteiger partial charge in [0.05, 0.1) is 38.3 Å². The van der Waals surface area contributed by atoms with E-state index in [-0.39, 0.29) is 11.9 Å². The summed E-state index contributed by atoms with van der Waals surface area (Å²) >= 11 is 0. The molecular formula is C32H34N4O5. The van der Waals surface area contributed by atoms with Crippen molar-refractivity contribution < 1.29 is 23.8 Å². The molecule has 3 aromatic carbocycles. The first-order valence-corrected chi connectivity index (χ1v) is 13.4. The molecule has 5 rings (SSSR count). The average Bonchev–Trinajstić information content (AvgIpc) is 3.37. The number of nitrogens with zero attached hydrogens (tertiary/aromatic N) is 3. The van der Waals surface area contributed by atoms with E-state index in [1.165, 1.54) is 0 Å². The molecule has 1 saturated heterocycles. The molecule has 0 aliphatic carbocycles. The molecule has 9 heteroatoms. The van der Waals surface area contributed by atoms with Gasteiger partial charge in [-0.15, -0.1) is 0 Å².